The van der Waals surface area contributed by atoms with Crippen molar-refractivity contribution in [2.45, 2.75) is 63.1 Å². The Morgan fingerprint density at radius 3 is 2.71 bits per heavy atom. The lowest BCUT2D eigenvalue weighted by Crippen LogP contribution is -2.47. The number of carbonyl (C=O) groups excluding carboxylic acids is 1. The van der Waals surface area contributed by atoms with Crippen molar-refractivity contribution in [1.29, 1.82) is 0 Å². The van der Waals surface area contributed by atoms with E-state index < -0.39 is 36.4 Å². The highest BCUT2D eigenvalue weighted by Gasteiger charge is 2.45. The summed E-state index contributed by atoms with van der Waals surface area (Å²) in [5.41, 5.74) is 3.45. The predicted octanol–water partition coefficient (Wildman–Crippen LogP) is 4.48. The van der Waals surface area contributed by atoms with Crippen LogP contribution >= 0.6 is 0 Å². The number of ether oxygens (including phenoxy) is 1. The molecule has 2 aliphatic heterocycles. The molecule has 0 radical (unpaired) electrons. The number of hydrogen-bond donors (Lipinski definition) is 2. The van der Waals surface area contributed by atoms with Gasteiger partial charge >= 0.3 is 6.18 Å². The summed E-state index contributed by atoms with van der Waals surface area (Å²) in [4.78, 5) is 17.3. The minimum atomic E-state index is -4.39. The number of piperidine rings is 1. The van der Waals surface area contributed by atoms with E-state index in [1.165, 1.54) is 0 Å². The maximum atomic E-state index is 13.7. The van der Waals surface area contributed by atoms with Crippen molar-refractivity contribution in [3.8, 4) is 0 Å². The second kappa shape index (κ2) is 10.5. The molecule has 2 aromatic heterocycles. The van der Waals surface area contributed by atoms with Gasteiger partial charge in [-0.3, -0.25) is 4.79 Å². The fourth-order valence-corrected chi connectivity index (χ4v) is 5.91. The molecule has 0 bridgehead atoms. The van der Waals surface area contributed by atoms with Crippen LogP contribution in [0.15, 0.2) is 18.3 Å². The monoisotopic (exact) mass is 541 g/mol. The zero-order valence-electron chi connectivity index (χ0n) is 21.2. The average Bonchev–Trinajstić information content (AvgIpc) is 3.28. The van der Waals surface area contributed by atoms with Crippen molar-refractivity contribution in [1.82, 2.24) is 25.2 Å². The average molecular weight is 542 g/mol. The van der Waals surface area contributed by atoms with Gasteiger partial charge in [0.1, 0.15) is 0 Å². The van der Waals surface area contributed by atoms with Crippen LogP contribution in [0.3, 0.4) is 0 Å². The summed E-state index contributed by atoms with van der Waals surface area (Å²) in [5.74, 6) is -5.51. The Bertz CT molecular complexity index is 1200. The highest BCUT2D eigenvalue weighted by molar-refractivity contribution is 5.80. The molecule has 1 aliphatic carbocycles. The van der Waals surface area contributed by atoms with Gasteiger partial charge in [-0.15, -0.1) is 0 Å². The Morgan fingerprint density at radius 2 is 2.05 bits per heavy atom. The Kier molecular flexibility index (Phi) is 7.47. The van der Waals surface area contributed by atoms with Crippen LogP contribution in [0.25, 0.3) is 11.2 Å². The number of aromatic nitrogens is 3. The Labute approximate surface area is 217 Å². The summed E-state index contributed by atoms with van der Waals surface area (Å²) >= 11 is 0. The quantitative estimate of drug-likeness (QED) is 0.528. The SMILES string of the molecule is CNC(c1cn2nc(CC3CC(C(F)(F)F)CNC3=O)c(C3=CCOCC3)cc2n1)C1CCC(F)(F)CC1. The molecule has 0 spiro atoms. The summed E-state index contributed by atoms with van der Waals surface area (Å²) in [6.45, 7) is 0.502. The third-order valence-electron chi connectivity index (χ3n) is 8.08. The standard InChI is InChI=1S/C26H32F5N5O2/c1-32-23(16-2-6-25(27,28)7-3-16)21-14-36-22(34-21)12-19(15-4-8-38-9-5-15)20(35-36)11-17-10-18(26(29,30)31)13-33-24(17)37/h4,12,14,16-18,23,32H,2-3,5-11,13H2,1H3,(H,33,37). The van der Waals surface area contributed by atoms with Crippen LogP contribution < -0.4 is 10.6 Å². The van der Waals surface area contributed by atoms with E-state index in [4.69, 9.17) is 14.8 Å². The fourth-order valence-electron chi connectivity index (χ4n) is 5.91. The van der Waals surface area contributed by atoms with E-state index in [2.05, 4.69) is 10.6 Å². The molecule has 3 atom stereocenters. The number of carbonyl (C=O) groups is 1. The Balaban J connectivity index is 1.48. The predicted molar refractivity (Wildman–Crippen MR) is 129 cm³/mol. The summed E-state index contributed by atoms with van der Waals surface area (Å²) in [7, 11) is 1.78. The number of nitrogens with zero attached hydrogens (tertiary/aromatic N) is 3. The molecule has 1 saturated heterocycles. The topological polar surface area (TPSA) is 80.5 Å². The molecule has 38 heavy (non-hydrogen) atoms. The maximum absolute atomic E-state index is 13.7. The number of imidazole rings is 1. The van der Waals surface area contributed by atoms with Crippen LogP contribution in [0.1, 0.15) is 61.5 Å². The molecule has 3 unspecified atom stereocenters. The first-order chi connectivity index (χ1) is 18.0. The van der Waals surface area contributed by atoms with E-state index in [1.54, 1.807) is 17.8 Å². The third-order valence-corrected chi connectivity index (χ3v) is 8.08. The molecule has 1 amide bonds. The van der Waals surface area contributed by atoms with Gasteiger partial charge in [0, 0.05) is 37.3 Å². The number of fused-ring (bicyclic) bond motifs is 1. The molecule has 2 aromatic rings. The largest absolute Gasteiger partial charge is 0.393 e. The molecule has 0 aromatic carbocycles. The van der Waals surface area contributed by atoms with Crippen LogP contribution in [-0.4, -0.2) is 59.4 Å². The van der Waals surface area contributed by atoms with Crippen molar-refractivity contribution < 1.29 is 31.5 Å². The molecule has 208 valence electrons. The number of halogens is 5. The van der Waals surface area contributed by atoms with Crippen molar-refractivity contribution in [2.24, 2.45) is 17.8 Å². The van der Waals surface area contributed by atoms with Crippen molar-refractivity contribution in [3.63, 3.8) is 0 Å². The Morgan fingerprint density at radius 1 is 1.29 bits per heavy atom. The minimum Gasteiger partial charge on any atom is -0.377 e. The first kappa shape index (κ1) is 27.0. The Hall–Kier alpha value is -2.60. The molecule has 3 aliphatic rings. The third kappa shape index (κ3) is 5.70. The van der Waals surface area contributed by atoms with E-state index in [0.29, 0.717) is 49.5 Å². The second-order valence-corrected chi connectivity index (χ2v) is 10.6. The zero-order chi connectivity index (χ0) is 27.1. The van der Waals surface area contributed by atoms with E-state index >= 15 is 0 Å². The van der Waals surface area contributed by atoms with Crippen LogP contribution in [0.5, 0.6) is 0 Å². The van der Waals surface area contributed by atoms with Gasteiger partial charge in [0.25, 0.3) is 0 Å². The van der Waals surface area contributed by atoms with Crippen molar-refractivity contribution >= 4 is 17.1 Å². The first-order valence-corrected chi connectivity index (χ1v) is 13.1. The summed E-state index contributed by atoms with van der Waals surface area (Å²) in [5, 5.41) is 10.4. The number of alkyl halides is 5. The van der Waals surface area contributed by atoms with Crippen LogP contribution in [0.4, 0.5) is 22.0 Å². The van der Waals surface area contributed by atoms with E-state index in [9.17, 15) is 26.7 Å². The van der Waals surface area contributed by atoms with Crippen LogP contribution in [0.2, 0.25) is 0 Å². The number of hydrogen-bond acceptors (Lipinski definition) is 5. The molecule has 5 rings (SSSR count). The molecule has 1 saturated carbocycles. The first-order valence-electron chi connectivity index (χ1n) is 13.1. The molecule has 4 heterocycles. The van der Waals surface area contributed by atoms with Gasteiger partial charge in [0.2, 0.25) is 11.8 Å². The smallest absolute Gasteiger partial charge is 0.377 e. The van der Waals surface area contributed by atoms with Crippen molar-refractivity contribution in [2.75, 3.05) is 26.8 Å². The zero-order valence-corrected chi connectivity index (χ0v) is 21.2. The van der Waals surface area contributed by atoms with Gasteiger partial charge in [-0.1, -0.05) is 6.08 Å². The summed E-state index contributed by atoms with van der Waals surface area (Å²) < 4.78 is 74.7. The van der Waals surface area contributed by atoms with Gasteiger partial charge < -0.3 is 15.4 Å². The van der Waals surface area contributed by atoms with Crippen molar-refractivity contribution in [3.05, 3.63) is 35.3 Å². The van der Waals surface area contributed by atoms with Gasteiger partial charge in [0.15, 0.2) is 5.65 Å². The molecule has 2 fully saturated rings. The number of rotatable bonds is 6. The van der Waals surface area contributed by atoms with E-state index in [1.807, 2.05) is 12.1 Å². The summed E-state index contributed by atoms with van der Waals surface area (Å²) in [6.07, 6.45) is 0.0819. The molecule has 7 nitrogen and oxygen atoms in total. The van der Waals surface area contributed by atoms with Gasteiger partial charge in [-0.2, -0.15) is 18.3 Å². The highest BCUT2D eigenvalue weighted by Crippen LogP contribution is 2.41. The molecule has 2 N–H and O–H groups in total. The van der Waals surface area contributed by atoms with Gasteiger partial charge in [-0.05, 0) is 50.3 Å². The summed E-state index contributed by atoms with van der Waals surface area (Å²) in [6, 6.07) is 1.62. The van der Waals surface area contributed by atoms with Crippen LogP contribution in [0, 0.1) is 17.8 Å². The second-order valence-electron chi connectivity index (χ2n) is 10.6. The lowest BCUT2D eigenvalue weighted by molar-refractivity contribution is -0.183. The van der Waals surface area contributed by atoms with E-state index in [-0.39, 0.29) is 37.6 Å². The molecular formula is C26H32F5N5O2. The highest BCUT2D eigenvalue weighted by atomic mass is 19.4. The van der Waals surface area contributed by atoms with Crippen LogP contribution in [-0.2, 0) is 16.0 Å². The number of nitrogens with one attached hydrogen (secondary N) is 2. The fraction of sp³-hybridized carbons (Fsp3) is 0.654. The normalized spacial score (nSPS) is 25.7. The van der Waals surface area contributed by atoms with E-state index in [0.717, 1.165) is 11.1 Å². The lowest BCUT2D eigenvalue weighted by Gasteiger charge is -2.32. The minimum absolute atomic E-state index is 0.00748. The van der Waals surface area contributed by atoms with Gasteiger partial charge in [0.05, 0.1) is 42.8 Å². The van der Waals surface area contributed by atoms with Gasteiger partial charge in [-0.25, -0.2) is 18.3 Å². The molecular weight excluding hydrogens is 509 g/mol. The number of amides is 1. The lowest BCUT2D eigenvalue weighted by atomic mass is 9.81. The maximum Gasteiger partial charge on any atom is 0.393 e. The molecule has 12 heteroatoms.